The summed E-state index contributed by atoms with van der Waals surface area (Å²) in [6, 6.07) is 13.5. The Morgan fingerprint density at radius 1 is 1.23 bits per heavy atom. The molecule has 1 aromatic carbocycles. The number of rotatable bonds is 6. The van der Waals surface area contributed by atoms with Gasteiger partial charge in [-0.2, -0.15) is 0 Å². The lowest BCUT2D eigenvalue weighted by atomic mass is 9.95. The van der Waals surface area contributed by atoms with Crippen LogP contribution >= 0.6 is 0 Å². The number of amides is 1. The van der Waals surface area contributed by atoms with Crippen LogP contribution in [-0.4, -0.2) is 31.3 Å². The summed E-state index contributed by atoms with van der Waals surface area (Å²) in [7, 11) is 1.63. The lowest BCUT2D eigenvalue weighted by molar-refractivity contribution is 0.152. The van der Waals surface area contributed by atoms with Gasteiger partial charge in [-0.05, 0) is 36.8 Å². The Hall–Kier alpha value is -2.56. The van der Waals surface area contributed by atoms with Crippen LogP contribution in [0.2, 0.25) is 0 Å². The van der Waals surface area contributed by atoms with Gasteiger partial charge in [0.25, 0.3) is 0 Å². The average molecular weight is 300 g/mol. The van der Waals surface area contributed by atoms with E-state index in [0.717, 1.165) is 17.0 Å². The smallest absolute Gasteiger partial charge is 0.407 e. The van der Waals surface area contributed by atoms with Gasteiger partial charge in [0.2, 0.25) is 0 Å². The molecule has 1 unspecified atom stereocenters. The zero-order valence-corrected chi connectivity index (χ0v) is 12.8. The molecule has 1 N–H and O–H groups in total. The van der Waals surface area contributed by atoms with Crippen LogP contribution < -0.4 is 10.1 Å². The predicted molar refractivity (Wildman–Crippen MR) is 84.1 cm³/mol. The van der Waals surface area contributed by atoms with E-state index in [1.165, 1.54) is 0 Å². The van der Waals surface area contributed by atoms with Gasteiger partial charge in [0.05, 0.1) is 13.7 Å². The van der Waals surface area contributed by atoms with Crippen LogP contribution in [0.4, 0.5) is 4.79 Å². The molecule has 1 aromatic heterocycles. The summed E-state index contributed by atoms with van der Waals surface area (Å²) >= 11 is 0. The van der Waals surface area contributed by atoms with Crippen LogP contribution in [0.25, 0.3) is 0 Å². The molecule has 0 aliphatic heterocycles. The topological polar surface area (TPSA) is 60.5 Å². The standard InChI is InChI=1S/C17H20N2O3/c1-3-22-17(20)19-12-15(16-6-4-5-11-18-16)13-7-9-14(21-2)10-8-13/h4-11,15H,3,12H2,1-2H3,(H,19,20). The van der Waals surface area contributed by atoms with E-state index < -0.39 is 6.09 Å². The van der Waals surface area contributed by atoms with Gasteiger partial charge in [0, 0.05) is 24.4 Å². The number of carbonyl (C=O) groups excluding carboxylic acids is 1. The molecular weight excluding hydrogens is 280 g/mol. The van der Waals surface area contributed by atoms with Crippen LogP contribution in [0.3, 0.4) is 0 Å². The van der Waals surface area contributed by atoms with Crippen molar-refractivity contribution in [2.24, 2.45) is 0 Å². The second-order valence-electron chi connectivity index (χ2n) is 4.68. The van der Waals surface area contributed by atoms with Crippen molar-refractivity contribution in [2.45, 2.75) is 12.8 Å². The highest BCUT2D eigenvalue weighted by Gasteiger charge is 2.17. The molecule has 0 spiro atoms. The van der Waals surface area contributed by atoms with Crippen LogP contribution in [0.1, 0.15) is 24.1 Å². The van der Waals surface area contributed by atoms with Gasteiger partial charge >= 0.3 is 6.09 Å². The van der Waals surface area contributed by atoms with Crippen LogP contribution in [0.5, 0.6) is 5.75 Å². The largest absolute Gasteiger partial charge is 0.497 e. The first-order chi connectivity index (χ1) is 10.7. The second-order valence-corrected chi connectivity index (χ2v) is 4.68. The highest BCUT2D eigenvalue weighted by Crippen LogP contribution is 2.24. The number of aromatic nitrogens is 1. The highest BCUT2D eigenvalue weighted by atomic mass is 16.5. The molecule has 2 aromatic rings. The fourth-order valence-electron chi connectivity index (χ4n) is 2.18. The normalized spacial score (nSPS) is 11.5. The van der Waals surface area contributed by atoms with Gasteiger partial charge in [0.1, 0.15) is 5.75 Å². The van der Waals surface area contributed by atoms with Crippen molar-refractivity contribution in [3.05, 3.63) is 59.9 Å². The predicted octanol–water partition coefficient (Wildman–Crippen LogP) is 2.97. The van der Waals surface area contributed by atoms with E-state index in [0.29, 0.717) is 13.2 Å². The molecule has 1 atom stereocenters. The molecule has 116 valence electrons. The summed E-state index contributed by atoms with van der Waals surface area (Å²) in [4.78, 5) is 15.9. The molecule has 22 heavy (non-hydrogen) atoms. The van der Waals surface area contributed by atoms with Gasteiger partial charge in [-0.3, -0.25) is 4.98 Å². The van der Waals surface area contributed by atoms with E-state index >= 15 is 0 Å². The maximum absolute atomic E-state index is 11.5. The van der Waals surface area contributed by atoms with Gasteiger partial charge in [0.15, 0.2) is 0 Å². The van der Waals surface area contributed by atoms with Crippen molar-refractivity contribution in [3.8, 4) is 5.75 Å². The third-order valence-corrected chi connectivity index (χ3v) is 3.29. The molecule has 5 heteroatoms. The Labute approximate surface area is 130 Å². The maximum Gasteiger partial charge on any atom is 0.407 e. The van der Waals surface area contributed by atoms with E-state index in [9.17, 15) is 4.79 Å². The van der Waals surface area contributed by atoms with E-state index in [4.69, 9.17) is 9.47 Å². The molecule has 1 amide bonds. The number of pyridine rings is 1. The van der Waals surface area contributed by atoms with E-state index in [2.05, 4.69) is 10.3 Å². The van der Waals surface area contributed by atoms with E-state index in [-0.39, 0.29) is 5.92 Å². The highest BCUT2D eigenvalue weighted by molar-refractivity contribution is 5.67. The minimum atomic E-state index is -0.419. The molecular formula is C17H20N2O3. The minimum absolute atomic E-state index is 0.0449. The number of ether oxygens (including phenoxy) is 2. The first kappa shape index (κ1) is 15.8. The van der Waals surface area contributed by atoms with Gasteiger partial charge in [-0.15, -0.1) is 0 Å². The quantitative estimate of drug-likeness (QED) is 0.891. The molecule has 0 saturated heterocycles. The van der Waals surface area contributed by atoms with Gasteiger partial charge in [-0.25, -0.2) is 4.79 Å². The summed E-state index contributed by atoms with van der Waals surface area (Å²) < 4.78 is 10.1. The second kappa shape index (κ2) is 8.02. The van der Waals surface area contributed by atoms with Crippen molar-refractivity contribution in [2.75, 3.05) is 20.3 Å². The molecule has 0 radical (unpaired) electrons. The van der Waals surface area contributed by atoms with Crippen LogP contribution in [0.15, 0.2) is 48.7 Å². The Balaban J connectivity index is 2.19. The maximum atomic E-state index is 11.5. The number of hydrogen-bond acceptors (Lipinski definition) is 4. The molecule has 1 heterocycles. The van der Waals surface area contributed by atoms with Crippen LogP contribution in [-0.2, 0) is 4.74 Å². The lowest BCUT2D eigenvalue weighted by Gasteiger charge is -2.18. The number of hydrogen-bond donors (Lipinski definition) is 1. The summed E-state index contributed by atoms with van der Waals surface area (Å²) in [5.41, 5.74) is 1.95. The zero-order valence-electron chi connectivity index (χ0n) is 12.8. The Kier molecular flexibility index (Phi) is 5.77. The zero-order chi connectivity index (χ0) is 15.8. The number of nitrogens with zero attached hydrogens (tertiary/aromatic N) is 1. The van der Waals surface area contributed by atoms with Crippen molar-refractivity contribution in [1.29, 1.82) is 0 Å². The number of nitrogens with one attached hydrogen (secondary N) is 1. The first-order valence-corrected chi connectivity index (χ1v) is 7.20. The molecule has 2 rings (SSSR count). The minimum Gasteiger partial charge on any atom is -0.497 e. The average Bonchev–Trinajstić information content (AvgIpc) is 2.57. The number of carbonyl (C=O) groups is 1. The van der Waals surface area contributed by atoms with Gasteiger partial charge in [-0.1, -0.05) is 18.2 Å². The van der Waals surface area contributed by atoms with E-state index in [1.807, 2.05) is 42.5 Å². The molecule has 0 saturated carbocycles. The number of methoxy groups -OCH3 is 1. The molecule has 0 fully saturated rings. The number of alkyl carbamates (subject to hydrolysis) is 1. The fourth-order valence-corrected chi connectivity index (χ4v) is 2.18. The van der Waals surface area contributed by atoms with E-state index in [1.54, 1.807) is 20.2 Å². The number of benzene rings is 1. The first-order valence-electron chi connectivity index (χ1n) is 7.20. The summed E-state index contributed by atoms with van der Waals surface area (Å²) in [5.74, 6) is 0.749. The van der Waals surface area contributed by atoms with Gasteiger partial charge < -0.3 is 14.8 Å². The fraction of sp³-hybridized carbons (Fsp3) is 0.294. The SMILES string of the molecule is CCOC(=O)NCC(c1ccc(OC)cc1)c1ccccn1. The third kappa shape index (κ3) is 4.22. The Morgan fingerprint density at radius 2 is 2.00 bits per heavy atom. The van der Waals surface area contributed by atoms with Crippen molar-refractivity contribution in [3.63, 3.8) is 0 Å². The Morgan fingerprint density at radius 3 is 2.59 bits per heavy atom. The Bertz CT molecular complexity index is 585. The van der Waals surface area contributed by atoms with Crippen LogP contribution in [0, 0.1) is 0 Å². The van der Waals surface area contributed by atoms with Crippen molar-refractivity contribution in [1.82, 2.24) is 10.3 Å². The van der Waals surface area contributed by atoms with Crippen molar-refractivity contribution >= 4 is 6.09 Å². The summed E-state index contributed by atoms with van der Waals surface area (Å²) in [6.07, 6.45) is 1.33. The lowest BCUT2D eigenvalue weighted by Crippen LogP contribution is -2.29. The monoisotopic (exact) mass is 300 g/mol. The molecule has 0 aliphatic carbocycles. The molecule has 0 bridgehead atoms. The third-order valence-electron chi connectivity index (χ3n) is 3.29. The summed E-state index contributed by atoms with van der Waals surface area (Å²) in [5, 5.41) is 2.78. The molecule has 0 aliphatic rings. The molecule has 5 nitrogen and oxygen atoms in total. The summed E-state index contributed by atoms with van der Waals surface area (Å²) in [6.45, 7) is 2.55. The van der Waals surface area contributed by atoms with Crippen molar-refractivity contribution < 1.29 is 14.3 Å².